The molecule has 3 aromatic rings. The standard InChI is InChI=1S/C16H11Br2FN2/c17-15(13-7-4-8-14(19)16(13)18)11-9-20-21(10-11)12-5-2-1-3-6-12/h1-10,15H. The van der Waals surface area contributed by atoms with Gasteiger partial charge in [0.25, 0.3) is 0 Å². The van der Waals surface area contributed by atoms with Crippen molar-refractivity contribution >= 4 is 31.9 Å². The van der Waals surface area contributed by atoms with Crippen LogP contribution in [0, 0.1) is 5.82 Å². The molecule has 1 aromatic heterocycles. The molecule has 0 fully saturated rings. The molecule has 5 heteroatoms. The molecule has 106 valence electrons. The molecule has 2 aromatic carbocycles. The SMILES string of the molecule is Fc1cccc(C(Br)c2cnn(-c3ccccc3)c2)c1Br. The zero-order valence-electron chi connectivity index (χ0n) is 10.9. The van der Waals surface area contributed by atoms with Crippen LogP contribution in [-0.4, -0.2) is 9.78 Å². The van der Waals surface area contributed by atoms with E-state index in [0.717, 1.165) is 16.8 Å². The first-order valence-electron chi connectivity index (χ1n) is 6.35. The number of para-hydroxylation sites is 1. The summed E-state index contributed by atoms with van der Waals surface area (Å²) in [7, 11) is 0. The Bertz CT molecular complexity index is 756. The van der Waals surface area contributed by atoms with Gasteiger partial charge in [0, 0.05) is 11.8 Å². The van der Waals surface area contributed by atoms with Crippen molar-refractivity contribution in [3.8, 4) is 5.69 Å². The number of benzene rings is 2. The maximum atomic E-state index is 13.6. The molecule has 0 saturated heterocycles. The quantitative estimate of drug-likeness (QED) is 0.539. The third-order valence-electron chi connectivity index (χ3n) is 3.17. The minimum atomic E-state index is -0.271. The lowest BCUT2D eigenvalue weighted by Gasteiger charge is -2.10. The van der Waals surface area contributed by atoms with Crippen molar-refractivity contribution in [2.24, 2.45) is 0 Å². The van der Waals surface area contributed by atoms with Gasteiger partial charge in [-0.25, -0.2) is 9.07 Å². The lowest BCUT2D eigenvalue weighted by molar-refractivity contribution is 0.619. The van der Waals surface area contributed by atoms with E-state index in [1.54, 1.807) is 16.9 Å². The molecular weight excluding hydrogens is 399 g/mol. The minimum Gasteiger partial charge on any atom is -0.241 e. The highest BCUT2D eigenvalue weighted by molar-refractivity contribution is 9.11. The molecule has 0 bridgehead atoms. The van der Waals surface area contributed by atoms with E-state index in [1.807, 2.05) is 42.6 Å². The first kappa shape index (κ1) is 14.5. The largest absolute Gasteiger partial charge is 0.241 e. The molecule has 0 amide bonds. The van der Waals surface area contributed by atoms with Crippen LogP contribution in [0.25, 0.3) is 5.69 Å². The summed E-state index contributed by atoms with van der Waals surface area (Å²) in [5.41, 5.74) is 2.79. The molecule has 0 saturated carbocycles. The predicted octanol–water partition coefficient (Wildman–Crippen LogP) is 5.26. The molecule has 0 N–H and O–H groups in total. The van der Waals surface area contributed by atoms with Gasteiger partial charge >= 0.3 is 0 Å². The van der Waals surface area contributed by atoms with Crippen molar-refractivity contribution in [3.63, 3.8) is 0 Å². The molecule has 1 heterocycles. The van der Waals surface area contributed by atoms with Crippen LogP contribution in [0.5, 0.6) is 0 Å². The summed E-state index contributed by atoms with van der Waals surface area (Å²) in [6.07, 6.45) is 3.72. The lowest BCUT2D eigenvalue weighted by atomic mass is 10.1. The van der Waals surface area contributed by atoms with Gasteiger partial charge in [0.05, 0.1) is 21.2 Å². The van der Waals surface area contributed by atoms with E-state index in [-0.39, 0.29) is 10.6 Å². The molecule has 0 aliphatic heterocycles. The predicted molar refractivity (Wildman–Crippen MR) is 88.4 cm³/mol. The fourth-order valence-electron chi connectivity index (χ4n) is 2.09. The molecule has 0 spiro atoms. The summed E-state index contributed by atoms with van der Waals surface area (Å²) < 4.78 is 15.9. The van der Waals surface area contributed by atoms with E-state index in [1.165, 1.54) is 6.07 Å². The first-order valence-corrected chi connectivity index (χ1v) is 8.05. The average molecular weight is 410 g/mol. The molecule has 0 radical (unpaired) electrons. The maximum Gasteiger partial charge on any atom is 0.137 e. The number of halogens is 3. The Hall–Kier alpha value is -1.46. The van der Waals surface area contributed by atoms with Crippen LogP contribution in [0.2, 0.25) is 0 Å². The second kappa shape index (κ2) is 6.12. The van der Waals surface area contributed by atoms with Gasteiger partial charge in [0.15, 0.2) is 0 Å². The van der Waals surface area contributed by atoms with Gasteiger partial charge in [-0.2, -0.15) is 5.10 Å². The number of nitrogens with zero attached hydrogens (tertiary/aromatic N) is 2. The molecule has 1 atom stereocenters. The summed E-state index contributed by atoms with van der Waals surface area (Å²) in [6.45, 7) is 0. The molecular formula is C16H11Br2FN2. The van der Waals surface area contributed by atoms with Crippen molar-refractivity contribution in [2.45, 2.75) is 4.83 Å². The topological polar surface area (TPSA) is 17.8 Å². The van der Waals surface area contributed by atoms with Crippen LogP contribution >= 0.6 is 31.9 Å². The van der Waals surface area contributed by atoms with Crippen LogP contribution in [0.1, 0.15) is 16.0 Å². The van der Waals surface area contributed by atoms with Gasteiger partial charge < -0.3 is 0 Å². The Kier molecular flexibility index (Phi) is 4.22. The van der Waals surface area contributed by atoms with Crippen molar-refractivity contribution in [1.29, 1.82) is 0 Å². The average Bonchev–Trinajstić information content (AvgIpc) is 3.00. The second-order valence-corrected chi connectivity index (χ2v) is 6.27. The van der Waals surface area contributed by atoms with Crippen LogP contribution in [-0.2, 0) is 0 Å². The van der Waals surface area contributed by atoms with Gasteiger partial charge in [0.2, 0.25) is 0 Å². The molecule has 3 rings (SSSR count). The summed E-state index contributed by atoms with van der Waals surface area (Å²) in [4.78, 5) is -0.125. The van der Waals surface area contributed by atoms with Crippen molar-refractivity contribution in [1.82, 2.24) is 9.78 Å². The fraction of sp³-hybridized carbons (Fsp3) is 0.0625. The Labute approximate surface area is 138 Å². The Morgan fingerprint density at radius 3 is 2.57 bits per heavy atom. The van der Waals surface area contributed by atoms with Crippen molar-refractivity contribution in [3.05, 3.63) is 82.3 Å². The zero-order chi connectivity index (χ0) is 14.8. The van der Waals surface area contributed by atoms with Crippen LogP contribution in [0.3, 0.4) is 0 Å². The van der Waals surface area contributed by atoms with Crippen LogP contribution in [0.4, 0.5) is 4.39 Å². The number of rotatable bonds is 3. The molecule has 21 heavy (non-hydrogen) atoms. The highest BCUT2D eigenvalue weighted by atomic mass is 79.9. The van der Waals surface area contributed by atoms with Gasteiger partial charge in [-0.1, -0.05) is 46.3 Å². The Morgan fingerprint density at radius 2 is 1.81 bits per heavy atom. The summed E-state index contributed by atoms with van der Waals surface area (Å²) in [5, 5.41) is 4.36. The second-order valence-electron chi connectivity index (χ2n) is 4.56. The minimum absolute atomic E-state index is 0.125. The number of aromatic nitrogens is 2. The van der Waals surface area contributed by atoms with E-state index in [9.17, 15) is 4.39 Å². The Balaban J connectivity index is 1.95. The lowest BCUT2D eigenvalue weighted by Crippen LogP contribution is -1.95. The number of alkyl halides is 1. The molecule has 2 nitrogen and oxygen atoms in total. The smallest absolute Gasteiger partial charge is 0.137 e. The zero-order valence-corrected chi connectivity index (χ0v) is 14.1. The van der Waals surface area contributed by atoms with E-state index in [4.69, 9.17) is 0 Å². The normalized spacial score (nSPS) is 12.3. The summed E-state index contributed by atoms with van der Waals surface area (Å²) >= 11 is 6.91. The number of hydrogen-bond donors (Lipinski definition) is 0. The van der Waals surface area contributed by atoms with E-state index in [2.05, 4.69) is 37.0 Å². The molecule has 1 unspecified atom stereocenters. The molecule has 0 aliphatic carbocycles. The fourth-order valence-corrected chi connectivity index (χ4v) is 3.50. The van der Waals surface area contributed by atoms with Gasteiger partial charge in [-0.15, -0.1) is 0 Å². The van der Waals surface area contributed by atoms with Crippen LogP contribution in [0.15, 0.2) is 65.4 Å². The molecule has 0 aliphatic rings. The Morgan fingerprint density at radius 1 is 1.05 bits per heavy atom. The van der Waals surface area contributed by atoms with E-state index in [0.29, 0.717) is 4.47 Å². The summed E-state index contributed by atoms with van der Waals surface area (Å²) in [5.74, 6) is -0.271. The van der Waals surface area contributed by atoms with E-state index < -0.39 is 0 Å². The van der Waals surface area contributed by atoms with Crippen molar-refractivity contribution < 1.29 is 4.39 Å². The third-order valence-corrected chi connectivity index (χ3v) is 5.03. The maximum absolute atomic E-state index is 13.6. The van der Waals surface area contributed by atoms with E-state index >= 15 is 0 Å². The van der Waals surface area contributed by atoms with Gasteiger partial charge in [-0.3, -0.25) is 0 Å². The number of hydrogen-bond acceptors (Lipinski definition) is 1. The highest BCUT2D eigenvalue weighted by Gasteiger charge is 2.17. The van der Waals surface area contributed by atoms with Gasteiger partial charge in [-0.05, 0) is 39.7 Å². The van der Waals surface area contributed by atoms with Crippen LogP contribution < -0.4 is 0 Å². The monoisotopic (exact) mass is 408 g/mol. The highest BCUT2D eigenvalue weighted by Crippen LogP contribution is 2.36. The van der Waals surface area contributed by atoms with Gasteiger partial charge in [0.1, 0.15) is 5.82 Å². The van der Waals surface area contributed by atoms with Crippen molar-refractivity contribution in [2.75, 3.05) is 0 Å². The first-order chi connectivity index (χ1) is 10.2. The summed E-state index contributed by atoms with van der Waals surface area (Å²) in [6, 6.07) is 14.9. The third kappa shape index (κ3) is 2.94.